The smallest absolute Gasteiger partial charge is 0.271 e. The number of rotatable bonds is 6. The highest BCUT2D eigenvalue weighted by molar-refractivity contribution is 7.92. The molecule has 6 nitrogen and oxygen atoms in total. The van der Waals surface area contributed by atoms with Crippen LogP contribution in [-0.4, -0.2) is 26.6 Å². The van der Waals surface area contributed by atoms with Crippen molar-refractivity contribution in [3.8, 4) is 0 Å². The highest BCUT2D eigenvalue weighted by Gasteiger charge is 2.33. The van der Waals surface area contributed by atoms with Gasteiger partial charge in [-0.1, -0.05) is 30.2 Å². The van der Waals surface area contributed by atoms with Crippen molar-refractivity contribution in [3.63, 3.8) is 0 Å². The second-order valence-electron chi connectivity index (χ2n) is 7.65. The molecule has 172 valence electrons. The Morgan fingerprint density at radius 1 is 1.06 bits per heavy atom. The zero-order valence-electron chi connectivity index (χ0n) is 17.5. The van der Waals surface area contributed by atoms with Crippen LogP contribution in [0.25, 0.3) is 0 Å². The number of nitrogens with one attached hydrogen (secondary N) is 1. The fourth-order valence-electron chi connectivity index (χ4n) is 3.37. The van der Waals surface area contributed by atoms with Crippen LogP contribution in [-0.2, 0) is 21.0 Å². The van der Waals surface area contributed by atoms with Crippen LogP contribution in [0.5, 0.6) is 0 Å². The van der Waals surface area contributed by atoms with Crippen LogP contribution in [0.15, 0.2) is 58.5 Å². The van der Waals surface area contributed by atoms with Crippen molar-refractivity contribution in [3.05, 3.63) is 59.7 Å². The first kappa shape index (κ1) is 23.8. The van der Waals surface area contributed by atoms with E-state index in [2.05, 4.69) is 10.5 Å². The summed E-state index contributed by atoms with van der Waals surface area (Å²) in [6.45, 7) is 1.06. The van der Waals surface area contributed by atoms with Crippen molar-refractivity contribution in [2.75, 3.05) is 10.8 Å². The number of halogens is 3. The van der Waals surface area contributed by atoms with Crippen molar-refractivity contribution in [1.82, 2.24) is 5.43 Å². The van der Waals surface area contributed by atoms with Gasteiger partial charge in [-0.2, -0.15) is 18.3 Å². The fraction of sp³-hybridized carbons (Fsp3) is 0.364. The molecule has 0 bridgehead atoms. The minimum Gasteiger partial charge on any atom is -0.271 e. The van der Waals surface area contributed by atoms with Gasteiger partial charge in [0.25, 0.3) is 15.9 Å². The molecule has 32 heavy (non-hydrogen) atoms. The molecule has 0 unspecified atom stereocenters. The third-order valence-electron chi connectivity index (χ3n) is 5.13. The number of carbonyl (C=O) groups excluding carboxylic acids is 1. The normalized spacial score (nSPS) is 14.7. The number of hydrazone groups is 1. The number of sulfonamides is 1. The van der Waals surface area contributed by atoms with E-state index in [-0.39, 0.29) is 10.6 Å². The first-order chi connectivity index (χ1) is 15.1. The van der Waals surface area contributed by atoms with Gasteiger partial charge in [0.05, 0.1) is 16.1 Å². The lowest BCUT2D eigenvalue weighted by molar-refractivity contribution is -0.137. The molecule has 0 radical (unpaired) electrons. The SMILES string of the molecule is Cc1ccc(S(=O)(=O)N(CC(=O)NN=C2CCCCC2)c2cccc(C(F)(F)F)c2)cc1. The number of anilines is 1. The summed E-state index contributed by atoms with van der Waals surface area (Å²) in [5, 5.41) is 4.07. The minimum absolute atomic E-state index is 0.132. The summed E-state index contributed by atoms with van der Waals surface area (Å²) < 4.78 is 66.9. The Morgan fingerprint density at radius 2 is 1.72 bits per heavy atom. The van der Waals surface area contributed by atoms with Crippen molar-refractivity contribution in [2.24, 2.45) is 5.10 Å². The second-order valence-corrected chi connectivity index (χ2v) is 9.51. The summed E-state index contributed by atoms with van der Waals surface area (Å²) >= 11 is 0. The molecule has 1 saturated carbocycles. The van der Waals surface area contributed by atoms with Crippen molar-refractivity contribution >= 4 is 27.3 Å². The van der Waals surface area contributed by atoms with Crippen LogP contribution >= 0.6 is 0 Å². The van der Waals surface area contributed by atoms with Gasteiger partial charge in [-0.15, -0.1) is 0 Å². The van der Waals surface area contributed by atoms with Crippen LogP contribution in [0.2, 0.25) is 0 Å². The zero-order valence-corrected chi connectivity index (χ0v) is 18.3. The number of benzene rings is 2. The highest BCUT2D eigenvalue weighted by Crippen LogP contribution is 2.33. The Morgan fingerprint density at radius 3 is 2.34 bits per heavy atom. The Kier molecular flexibility index (Phi) is 7.22. The predicted molar refractivity (Wildman–Crippen MR) is 116 cm³/mol. The van der Waals surface area contributed by atoms with E-state index in [0.717, 1.165) is 55.5 Å². The summed E-state index contributed by atoms with van der Waals surface area (Å²) in [5.41, 5.74) is 2.71. The number of carbonyl (C=O) groups is 1. The first-order valence-electron chi connectivity index (χ1n) is 10.2. The second kappa shape index (κ2) is 9.72. The molecule has 0 aromatic heterocycles. The van der Waals surface area contributed by atoms with Gasteiger partial charge >= 0.3 is 6.18 Å². The van der Waals surface area contributed by atoms with Crippen molar-refractivity contribution in [2.45, 2.75) is 50.1 Å². The Hall–Kier alpha value is -2.88. The van der Waals surface area contributed by atoms with Gasteiger partial charge in [-0.3, -0.25) is 9.10 Å². The predicted octanol–water partition coefficient (Wildman–Crippen LogP) is 4.65. The van der Waals surface area contributed by atoms with E-state index in [4.69, 9.17) is 0 Å². The molecular weight excluding hydrogens is 443 g/mol. The highest BCUT2D eigenvalue weighted by atomic mass is 32.2. The molecule has 3 rings (SSSR count). The van der Waals surface area contributed by atoms with Crippen LogP contribution in [0.3, 0.4) is 0 Å². The van der Waals surface area contributed by atoms with Crippen LogP contribution in [0.4, 0.5) is 18.9 Å². The molecule has 1 aliphatic carbocycles. The zero-order chi connectivity index (χ0) is 23.4. The molecule has 0 aliphatic heterocycles. The van der Waals surface area contributed by atoms with Gasteiger partial charge in [0.2, 0.25) is 0 Å². The van der Waals surface area contributed by atoms with Crippen LogP contribution in [0.1, 0.15) is 43.2 Å². The van der Waals surface area contributed by atoms with Gasteiger partial charge in [0.1, 0.15) is 6.54 Å². The average Bonchev–Trinajstić information content (AvgIpc) is 2.76. The number of hydrogen-bond acceptors (Lipinski definition) is 4. The molecular formula is C22H24F3N3O3S. The van der Waals surface area contributed by atoms with Gasteiger partial charge in [-0.25, -0.2) is 13.8 Å². The standard InChI is InChI=1S/C22H24F3N3O3S/c1-16-10-12-20(13-11-16)32(30,31)28(19-9-5-6-17(14-19)22(23,24)25)15-21(29)27-26-18-7-3-2-4-8-18/h5-6,9-14H,2-4,7-8,15H2,1H3,(H,27,29). The third kappa shape index (κ3) is 5.87. The van der Waals surface area contributed by atoms with E-state index in [9.17, 15) is 26.4 Å². The fourth-order valence-corrected chi connectivity index (χ4v) is 4.78. The van der Waals surface area contributed by atoms with E-state index in [1.807, 2.05) is 0 Å². The lowest BCUT2D eigenvalue weighted by Gasteiger charge is -2.24. The molecule has 0 atom stereocenters. The number of nitrogens with zero attached hydrogens (tertiary/aromatic N) is 2. The van der Waals surface area contributed by atoms with Gasteiger partial charge in [0, 0.05) is 5.71 Å². The molecule has 2 aromatic carbocycles. The largest absolute Gasteiger partial charge is 0.416 e. The minimum atomic E-state index is -4.66. The summed E-state index contributed by atoms with van der Waals surface area (Å²) in [7, 11) is -4.31. The molecule has 10 heteroatoms. The Bertz CT molecular complexity index is 1090. The monoisotopic (exact) mass is 467 g/mol. The van der Waals surface area contributed by atoms with E-state index in [0.29, 0.717) is 10.4 Å². The Labute approximate surface area is 185 Å². The average molecular weight is 468 g/mol. The number of aryl methyl sites for hydroxylation is 1. The van der Waals surface area contributed by atoms with E-state index < -0.39 is 34.2 Å². The van der Waals surface area contributed by atoms with Crippen LogP contribution < -0.4 is 9.73 Å². The summed E-state index contributed by atoms with van der Waals surface area (Å²) in [5.74, 6) is -0.740. The van der Waals surface area contributed by atoms with Gasteiger partial charge in [-0.05, 0) is 62.9 Å². The van der Waals surface area contributed by atoms with Gasteiger partial charge in [0.15, 0.2) is 0 Å². The maximum Gasteiger partial charge on any atom is 0.416 e. The van der Waals surface area contributed by atoms with Crippen molar-refractivity contribution in [1.29, 1.82) is 0 Å². The van der Waals surface area contributed by atoms with Crippen molar-refractivity contribution < 1.29 is 26.4 Å². The maximum atomic E-state index is 13.3. The van der Waals surface area contributed by atoms with Crippen LogP contribution in [0, 0.1) is 6.92 Å². The van der Waals surface area contributed by atoms with E-state index in [1.165, 1.54) is 18.2 Å². The van der Waals surface area contributed by atoms with E-state index >= 15 is 0 Å². The molecule has 1 N–H and O–H groups in total. The molecule has 0 heterocycles. The molecule has 0 saturated heterocycles. The molecule has 1 amide bonds. The topological polar surface area (TPSA) is 78.8 Å². The molecule has 1 aliphatic rings. The first-order valence-corrected chi connectivity index (χ1v) is 11.6. The summed E-state index contributed by atoms with van der Waals surface area (Å²) in [4.78, 5) is 12.4. The molecule has 2 aromatic rings. The summed E-state index contributed by atoms with van der Waals surface area (Å²) in [6, 6.07) is 9.74. The number of hydrogen-bond donors (Lipinski definition) is 1. The third-order valence-corrected chi connectivity index (χ3v) is 6.92. The lowest BCUT2D eigenvalue weighted by Crippen LogP contribution is -2.40. The van der Waals surface area contributed by atoms with Gasteiger partial charge < -0.3 is 0 Å². The summed E-state index contributed by atoms with van der Waals surface area (Å²) in [6.07, 6.45) is -0.145. The maximum absolute atomic E-state index is 13.3. The molecule has 0 spiro atoms. The molecule has 1 fully saturated rings. The Balaban J connectivity index is 1.94. The number of amides is 1. The lowest BCUT2D eigenvalue weighted by atomic mass is 9.99. The van der Waals surface area contributed by atoms with E-state index in [1.54, 1.807) is 19.1 Å². The number of alkyl halides is 3. The quantitative estimate of drug-likeness (QED) is 0.629.